The van der Waals surface area contributed by atoms with E-state index in [1.54, 1.807) is 6.08 Å². The molecule has 0 aromatic heterocycles. The lowest BCUT2D eigenvalue weighted by Crippen LogP contribution is -2.33. The lowest BCUT2D eigenvalue weighted by molar-refractivity contribution is -0.182. The van der Waals surface area contributed by atoms with Crippen molar-refractivity contribution in [1.29, 1.82) is 0 Å². The molecule has 1 saturated carbocycles. The molecular weight excluding hydrogens is 180 g/mol. The van der Waals surface area contributed by atoms with Crippen LogP contribution in [0.15, 0.2) is 12.2 Å². The van der Waals surface area contributed by atoms with E-state index < -0.39 is 0 Å². The smallest absolute Gasteiger partial charge is 0.169 e. The third-order valence-corrected chi connectivity index (χ3v) is 2.95. The molecule has 0 amide bonds. The fourth-order valence-electron chi connectivity index (χ4n) is 2.24. The molecule has 2 rings (SSSR count). The number of aliphatic hydroxyl groups is 1. The zero-order valence-electron chi connectivity index (χ0n) is 8.45. The standard InChI is InChI=1S/C11H18O3/c12-8-4-5-10-9-13-11(14-10)6-2-1-3-7-11/h4-5,10,12H,1-3,6-9H2/b5-4-. The monoisotopic (exact) mass is 198 g/mol. The second-order valence-corrected chi connectivity index (χ2v) is 4.05. The molecule has 1 saturated heterocycles. The highest BCUT2D eigenvalue weighted by Gasteiger charge is 2.41. The number of hydrogen-bond acceptors (Lipinski definition) is 3. The lowest BCUT2D eigenvalue weighted by atomic mass is 9.94. The van der Waals surface area contributed by atoms with Gasteiger partial charge in [0.1, 0.15) is 6.10 Å². The first kappa shape index (κ1) is 10.1. The van der Waals surface area contributed by atoms with Crippen LogP contribution in [0.25, 0.3) is 0 Å². The van der Waals surface area contributed by atoms with Crippen LogP contribution in [0.3, 0.4) is 0 Å². The normalized spacial score (nSPS) is 31.6. The van der Waals surface area contributed by atoms with Crippen LogP contribution in [0.5, 0.6) is 0 Å². The van der Waals surface area contributed by atoms with Crippen LogP contribution in [0.2, 0.25) is 0 Å². The Labute approximate surface area is 84.7 Å². The molecule has 1 N–H and O–H groups in total. The van der Waals surface area contributed by atoms with Crippen LogP contribution < -0.4 is 0 Å². The van der Waals surface area contributed by atoms with Gasteiger partial charge >= 0.3 is 0 Å². The van der Waals surface area contributed by atoms with E-state index in [1.807, 2.05) is 6.08 Å². The van der Waals surface area contributed by atoms with E-state index >= 15 is 0 Å². The molecule has 0 bridgehead atoms. The maximum absolute atomic E-state index is 8.65. The highest BCUT2D eigenvalue weighted by Crippen LogP contribution is 2.37. The van der Waals surface area contributed by atoms with Gasteiger partial charge in [-0.1, -0.05) is 18.6 Å². The van der Waals surface area contributed by atoms with Crippen molar-refractivity contribution in [3.05, 3.63) is 12.2 Å². The van der Waals surface area contributed by atoms with Gasteiger partial charge < -0.3 is 14.6 Å². The number of aliphatic hydroxyl groups excluding tert-OH is 1. The minimum Gasteiger partial charge on any atom is -0.392 e. The van der Waals surface area contributed by atoms with E-state index in [0.29, 0.717) is 6.61 Å². The van der Waals surface area contributed by atoms with Gasteiger partial charge in [0.15, 0.2) is 5.79 Å². The maximum atomic E-state index is 8.65. The van der Waals surface area contributed by atoms with Crippen molar-refractivity contribution in [2.24, 2.45) is 0 Å². The molecule has 0 aromatic rings. The van der Waals surface area contributed by atoms with Crippen molar-refractivity contribution in [2.75, 3.05) is 13.2 Å². The Bertz CT molecular complexity index is 207. The average molecular weight is 198 g/mol. The van der Waals surface area contributed by atoms with Gasteiger partial charge in [-0.15, -0.1) is 0 Å². The van der Waals surface area contributed by atoms with Crippen molar-refractivity contribution in [2.45, 2.75) is 44.0 Å². The molecule has 2 aliphatic rings. The van der Waals surface area contributed by atoms with Crippen molar-refractivity contribution < 1.29 is 14.6 Å². The molecule has 3 heteroatoms. The molecule has 2 fully saturated rings. The van der Waals surface area contributed by atoms with Gasteiger partial charge in [0.2, 0.25) is 0 Å². The number of ether oxygens (including phenoxy) is 2. The highest BCUT2D eigenvalue weighted by molar-refractivity contribution is 4.94. The van der Waals surface area contributed by atoms with Crippen LogP contribution in [0.1, 0.15) is 32.1 Å². The minimum absolute atomic E-state index is 0.0419. The molecule has 1 spiro atoms. The Morgan fingerprint density at radius 3 is 2.79 bits per heavy atom. The highest BCUT2D eigenvalue weighted by atomic mass is 16.7. The number of hydrogen-bond donors (Lipinski definition) is 1. The van der Waals surface area contributed by atoms with Gasteiger partial charge in [0.25, 0.3) is 0 Å². The molecule has 0 aromatic carbocycles. The SMILES string of the molecule is OC/C=C\C1COC2(CCCCC2)O1. The summed E-state index contributed by atoms with van der Waals surface area (Å²) in [6.45, 7) is 0.712. The maximum Gasteiger partial charge on any atom is 0.169 e. The van der Waals surface area contributed by atoms with E-state index in [0.717, 1.165) is 12.8 Å². The second kappa shape index (κ2) is 4.43. The van der Waals surface area contributed by atoms with Gasteiger partial charge in [-0.2, -0.15) is 0 Å². The summed E-state index contributed by atoms with van der Waals surface area (Å²) in [4.78, 5) is 0. The zero-order valence-corrected chi connectivity index (χ0v) is 8.45. The molecule has 1 aliphatic carbocycles. The van der Waals surface area contributed by atoms with Gasteiger partial charge in [-0.25, -0.2) is 0 Å². The summed E-state index contributed by atoms with van der Waals surface area (Å²) in [6.07, 6.45) is 9.41. The van der Waals surface area contributed by atoms with Crippen LogP contribution in [0.4, 0.5) is 0 Å². The second-order valence-electron chi connectivity index (χ2n) is 4.05. The summed E-state index contributed by atoms with van der Waals surface area (Å²) in [5, 5.41) is 8.65. The van der Waals surface area contributed by atoms with Crippen LogP contribution >= 0.6 is 0 Å². The van der Waals surface area contributed by atoms with Crippen molar-refractivity contribution in [1.82, 2.24) is 0 Å². The van der Waals surface area contributed by atoms with E-state index in [4.69, 9.17) is 14.6 Å². The fourth-order valence-corrected chi connectivity index (χ4v) is 2.24. The molecule has 1 atom stereocenters. The molecule has 14 heavy (non-hydrogen) atoms. The Morgan fingerprint density at radius 2 is 2.07 bits per heavy atom. The minimum atomic E-state index is -0.289. The first-order valence-electron chi connectivity index (χ1n) is 5.44. The first-order valence-corrected chi connectivity index (χ1v) is 5.44. The van der Waals surface area contributed by atoms with E-state index in [2.05, 4.69) is 0 Å². The fraction of sp³-hybridized carbons (Fsp3) is 0.818. The van der Waals surface area contributed by atoms with Gasteiger partial charge in [-0.3, -0.25) is 0 Å². The summed E-state index contributed by atoms with van der Waals surface area (Å²) in [5.41, 5.74) is 0. The molecule has 80 valence electrons. The largest absolute Gasteiger partial charge is 0.392 e. The Balaban J connectivity index is 1.89. The zero-order chi connectivity index (χ0) is 9.86. The molecular formula is C11H18O3. The molecule has 1 aliphatic heterocycles. The van der Waals surface area contributed by atoms with Crippen LogP contribution in [-0.2, 0) is 9.47 Å². The quantitative estimate of drug-likeness (QED) is 0.685. The van der Waals surface area contributed by atoms with Crippen molar-refractivity contribution in [3.8, 4) is 0 Å². The van der Waals surface area contributed by atoms with Gasteiger partial charge in [-0.05, 0) is 12.8 Å². The summed E-state index contributed by atoms with van der Waals surface area (Å²) in [7, 11) is 0. The molecule has 0 radical (unpaired) electrons. The predicted molar refractivity (Wildman–Crippen MR) is 52.9 cm³/mol. The lowest BCUT2D eigenvalue weighted by Gasteiger charge is -2.31. The topological polar surface area (TPSA) is 38.7 Å². The Morgan fingerprint density at radius 1 is 1.29 bits per heavy atom. The third kappa shape index (κ3) is 2.16. The molecule has 1 unspecified atom stereocenters. The van der Waals surface area contributed by atoms with Gasteiger partial charge in [0, 0.05) is 12.8 Å². The predicted octanol–water partition coefficient (Wildman–Crippen LogP) is 1.61. The van der Waals surface area contributed by atoms with E-state index in [1.165, 1.54) is 19.3 Å². The summed E-state index contributed by atoms with van der Waals surface area (Å²) >= 11 is 0. The third-order valence-electron chi connectivity index (χ3n) is 2.95. The number of rotatable bonds is 2. The van der Waals surface area contributed by atoms with Crippen molar-refractivity contribution >= 4 is 0 Å². The average Bonchev–Trinajstić information content (AvgIpc) is 2.60. The van der Waals surface area contributed by atoms with Crippen LogP contribution in [0, 0.1) is 0 Å². The summed E-state index contributed by atoms with van der Waals surface area (Å²) in [6, 6.07) is 0. The summed E-state index contributed by atoms with van der Waals surface area (Å²) < 4.78 is 11.6. The summed E-state index contributed by atoms with van der Waals surface area (Å²) in [5.74, 6) is -0.289. The van der Waals surface area contributed by atoms with E-state index in [9.17, 15) is 0 Å². The van der Waals surface area contributed by atoms with Crippen LogP contribution in [-0.4, -0.2) is 30.2 Å². The van der Waals surface area contributed by atoms with Gasteiger partial charge in [0.05, 0.1) is 13.2 Å². The first-order chi connectivity index (χ1) is 6.85. The van der Waals surface area contributed by atoms with Crippen molar-refractivity contribution in [3.63, 3.8) is 0 Å². The molecule has 3 nitrogen and oxygen atoms in total. The molecule has 1 heterocycles. The Hall–Kier alpha value is -0.380. The van der Waals surface area contributed by atoms with E-state index in [-0.39, 0.29) is 18.5 Å². The Kier molecular flexibility index (Phi) is 3.21.